The second kappa shape index (κ2) is 6.68. The van der Waals surface area contributed by atoms with Gasteiger partial charge in [-0.25, -0.2) is 8.78 Å². The van der Waals surface area contributed by atoms with E-state index >= 15 is 0 Å². The molecule has 0 amide bonds. The summed E-state index contributed by atoms with van der Waals surface area (Å²) in [5.74, 6) is -0.721. The third kappa shape index (κ3) is 3.11. The maximum absolute atomic E-state index is 13.9. The number of aromatic nitrogens is 2. The molecule has 0 aliphatic carbocycles. The van der Waals surface area contributed by atoms with Gasteiger partial charge in [-0.3, -0.25) is 4.90 Å². The van der Waals surface area contributed by atoms with Gasteiger partial charge in [0.25, 0.3) is 5.89 Å². The Morgan fingerprint density at radius 1 is 1.32 bits per heavy atom. The fourth-order valence-electron chi connectivity index (χ4n) is 2.40. The van der Waals surface area contributed by atoms with Gasteiger partial charge in [-0.15, -0.1) is 12.4 Å². The molecule has 3 rings (SSSR count). The van der Waals surface area contributed by atoms with Gasteiger partial charge in [0.05, 0.1) is 11.6 Å². The number of aryl methyl sites for hydroxylation is 1. The zero-order chi connectivity index (χ0) is 15.0. The van der Waals surface area contributed by atoms with Crippen molar-refractivity contribution in [3.63, 3.8) is 0 Å². The summed E-state index contributed by atoms with van der Waals surface area (Å²) in [5.41, 5.74) is 0.460. The minimum Gasteiger partial charge on any atom is -0.334 e. The summed E-state index contributed by atoms with van der Waals surface area (Å²) in [5, 5.41) is 7.19. The Morgan fingerprint density at radius 2 is 2.09 bits per heavy atom. The number of rotatable bonds is 2. The molecule has 2 aromatic rings. The number of benzene rings is 1. The van der Waals surface area contributed by atoms with Crippen LogP contribution in [-0.2, 0) is 0 Å². The summed E-state index contributed by atoms with van der Waals surface area (Å²) in [4.78, 5) is 6.37. The highest BCUT2D eigenvalue weighted by atomic mass is 35.5. The van der Waals surface area contributed by atoms with Crippen molar-refractivity contribution in [2.45, 2.75) is 13.0 Å². The molecule has 1 aromatic heterocycles. The topological polar surface area (TPSA) is 54.2 Å². The fraction of sp³-hybridized carbons (Fsp3) is 0.429. The van der Waals surface area contributed by atoms with Gasteiger partial charge in [0, 0.05) is 25.7 Å². The lowest BCUT2D eigenvalue weighted by Gasteiger charge is -2.30. The highest BCUT2D eigenvalue weighted by Crippen LogP contribution is 2.26. The minimum absolute atomic E-state index is 0. The van der Waals surface area contributed by atoms with Crippen LogP contribution in [-0.4, -0.2) is 41.7 Å². The van der Waals surface area contributed by atoms with Crippen molar-refractivity contribution in [1.82, 2.24) is 20.4 Å². The zero-order valence-corrected chi connectivity index (χ0v) is 13.1. The van der Waals surface area contributed by atoms with Crippen LogP contribution in [0, 0.1) is 18.6 Å². The largest absolute Gasteiger partial charge is 0.334 e. The number of hydrogen-bond acceptors (Lipinski definition) is 5. The van der Waals surface area contributed by atoms with Gasteiger partial charge in [0.1, 0.15) is 11.6 Å². The number of nitrogens with one attached hydrogen (secondary N) is 1. The second-order valence-corrected chi connectivity index (χ2v) is 5.24. The normalized spacial score (nSPS) is 19.0. The fourth-order valence-corrected chi connectivity index (χ4v) is 2.40. The van der Waals surface area contributed by atoms with Crippen LogP contribution >= 0.6 is 12.4 Å². The molecule has 1 aromatic carbocycles. The Balaban J connectivity index is 0.00000176. The summed E-state index contributed by atoms with van der Waals surface area (Å²) < 4.78 is 32.3. The van der Waals surface area contributed by atoms with E-state index in [1.54, 1.807) is 6.92 Å². The molecule has 2 heterocycles. The molecule has 8 heteroatoms. The molecule has 0 saturated carbocycles. The standard InChI is InChI=1S/C14H16F2N4O.ClH/c1-8-5-9(11(16)6-10(8)15)14-18-13(19-21-14)12-7-17-3-4-20(12)2;/h5-6,12,17H,3-4,7H2,1-2H3;1H. The monoisotopic (exact) mass is 330 g/mol. The molecule has 1 aliphatic rings. The number of halogens is 3. The molecule has 22 heavy (non-hydrogen) atoms. The van der Waals surface area contributed by atoms with Crippen LogP contribution in [0.15, 0.2) is 16.7 Å². The average molecular weight is 331 g/mol. The van der Waals surface area contributed by atoms with Crippen molar-refractivity contribution in [3.8, 4) is 11.5 Å². The summed E-state index contributed by atoms with van der Waals surface area (Å²) in [6.07, 6.45) is 0. The first-order chi connectivity index (χ1) is 10.1. The van der Waals surface area contributed by atoms with Crippen LogP contribution in [0.25, 0.3) is 11.5 Å². The lowest BCUT2D eigenvalue weighted by Crippen LogP contribution is -2.44. The molecule has 1 fully saturated rings. The van der Waals surface area contributed by atoms with E-state index in [0.717, 1.165) is 19.2 Å². The maximum atomic E-state index is 13.9. The van der Waals surface area contributed by atoms with Crippen LogP contribution in [0.4, 0.5) is 8.78 Å². The van der Waals surface area contributed by atoms with Crippen LogP contribution in [0.3, 0.4) is 0 Å². The Morgan fingerprint density at radius 3 is 2.82 bits per heavy atom. The van der Waals surface area contributed by atoms with Crippen molar-refractivity contribution in [1.29, 1.82) is 0 Å². The Hall–Kier alpha value is -1.57. The van der Waals surface area contributed by atoms with Gasteiger partial charge >= 0.3 is 0 Å². The third-order valence-electron chi connectivity index (χ3n) is 3.73. The molecule has 1 unspecified atom stereocenters. The SMILES string of the molecule is Cc1cc(-c2nc(C3CNCCN3C)no2)c(F)cc1F.Cl. The van der Waals surface area contributed by atoms with E-state index in [1.807, 2.05) is 7.05 Å². The average Bonchev–Trinajstić information content (AvgIpc) is 2.92. The van der Waals surface area contributed by atoms with Crippen LogP contribution < -0.4 is 5.32 Å². The molecule has 1 aliphatic heterocycles. The lowest BCUT2D eigenvalue weighted by molar-refractivity contribution is 0.190. The van der Waals surface area contributed by atoms with Crippen molar-refractivity contribution < 1.29 is 13.3 Å². The molecule has 1 atom stereocenters. The van der Waals surface area contributed by atoms with Gasteiger partial charge in [0.15, 0.2) is 5.82 Å². The van der Waals surface area contributed by atoms with E-state index in [2.05, 4.69) is 20.4 Å². The predicted molar refractivity (Wildman–Crippen MR) is 79.9 cm³/mol. The molecule has 0 spiro atoms. The minimum atomic E-state index is -0.705. The van der Waals surface area contributed by atoms with Gasteiger partial charge in [0.2, 0.25) is 0 Å². The van der Waals surface area contributed by atoms with Crippen molar-refractivity contribution in [3.05, 3.63) is 35.2 Å². The Labute approximate surface area is 133 Å². The molecule has 120 valence electrons. The second-order valence-electron chi connectivity index (χ2n) is 5.24. The number of hydrogen-bond donors (Lipinski definition) is 1. The molecule has 1 saturated heterocycles. The highest BCUT2D eigenvalue weighted by molar-refractivity contribution is 5.85. The molecule has 5 nitrogen and oxygen atoms in total. The van der Waals surface area contributed by atoms with E-state index in [-0.39, 0.29) is 29.9 Å². The van der Waals surface area contributed by atoms with Crippen molar-refractivity contribution in [2.24, 2.45) is 0 Å². The van der Waals surface area contributed by atoms with E-state index in [1.165, 1.54) is 6.07 Å². The van der Waals surface area contributed by atoms with Gasteiger partial charge in [-0.2, -0.15) is 4.98 Å². The Kier molecular flexibility index (Phi) is 5.10. The first kappa shape index (κ1) is 16.8. The predicted octanol–water partition coefficient (Wildman–Crippen LogP) is 2.32. The van der Waals surface area contributed by atoms with Gasteiger partial charge in [-0.05, 0) is 25.6 Å². The molecular formula is C14H17ClF2N4O. The smallest absolute Gasteiger partial charge is 0.260 e. The van der Waals surface area contributed by atoms with Gasteiger partial charge in [-0.1, -0.05) is 5.16 Å². The lowest BCUT2D eigenvalue weighted by atomic mass is 10.1. The van der Waals surface area contributed by atoms with E-state index < -0.39 is 11.6 Å². The van der Waals surface area contributed by atoms with Gasteiger partial charge < -0.3 is 9.84 Å². The summed E-state index contributed by atoms with van der Waals surface area (Å²) in [6.45, 7) is 4.05. The van der Waals surface area contributed by atoms with Crippen LogP contribution in [0.2, 0.25) is 0 Å². The van der Waals surface area contributed by atoms with Crippen molar-refractivity contribution in [2.75, 3.05) is 26.7 Å². The van der Waals surface area contributed by atoms with E-state index in [9.17, 15) is 8.78 Å². The molecular weight excluding hydrogens is 314 g/mol. The van der Waals surface area contributed by atoms with Crippen molar-refractivity contribution >= 4 is 12.4 Å². The molecule has 0 bridgehead atoms. The first-order valence-corrected chi connectivity index (χ1v) is 6.77. The maximum Gasteiger partial charge on any atom is 0.260 e. The summed E-state index contributed by atoms with van der Waals surface area (Å²) in [6, 6.07) is 2.20. The van der Waals surface area contributed by atoms with E-state index in [4.69, 9.17) is 4.52 Å². The van der Waals surface area contributed by atoms with Crippen LogP contribution in [0.1, 0.15) is 17.4 Å². The Bertz CT molecular complexity index is 664. The molecule has 1 N–H and O–H groups in total. The number of likely N-dealkylation sites (N-methyl/N-ethyl adjacent to an activating group) is 1. The first-order valence-electron chi connectivity index (χ1n) is 6.77. The summed E-state index contributed by atoms with van der Waals surface area (Å²) in [7, 11) is 1.98. The number of nitrogens with zero attached hydrogens (tertiary/aromatic N) is 3. The number of piperazine rings is 1. The zero-order valence-electron chi connectivity index (χ0n) is 12.3. The third-order valence-corrected chi connectivity index (χ3v) is 3.73. The highest BCUT2D eigenvalue weighted by Gasteiger charge is 2.26. The molecule has 0 radical (unpaired) electrons. The van der Waals surface area contributed by atoms with E-state index in [0.29, 0.717) is 17.9 Å². The summed E-state index contributed by atoms with van der Waals surface area (Å²) >= 11 is 0. The quantitative estimate of drug-likeness (QED) is 0.916. The van der Waals surface area contributed by atoms with Crippen LogP contribution in [0.5, 0.6) is 0 Å².